The van der Waals surface area contributed by atoms with Crippen LogP contribution in [0.3, 0.4) is 0 Å². The SMILES string of the molecule is [N-]=[N+]=Nc1ccc(C(=O)C[N+]2(CCCOC(=O)C3C(c4ccccc4)C(C(=O)OCCC[N+]4(CC(=O)c5ccc(N=[N+]=[N-])cc5)CCCCC4)C3c3ccccc3)CCCCC2)cc1. The van der Waals surface area contributed by atoms with Crippen molar-refractivity contribution in [2.75, 3.05) is 65.6 Å². The largest absolute Gasteiger partial charge is 0.465 e. The molecule has 1 saturated carbocycles. The van der Waals surface area contributed by atoms with Gasteiger partial charge in [0.15, 0.2) is 0 Å². The second kappa shape index (κ2) is 21.9. The second-order valence-corrected chi connectivity index (χ2v) is 17.7. The fourth-order valence-corrected chi connectivity index (χ4v) is 10.5. The van der Waals surface area contributed by atoms with Crippen molar-refractivity contribution in [1.29, 1.82) is 0 Å². The third-order valence-electron chi connectivity index (χ3n) is 13.7. The van der Waals surface area contributed by atoms with Crippen molar-refractivity contribution < 1.29 is 37.6 Å². The van der Waals surface area contributed by atoms with Gasteiger partial charge in [-0.1, -0.05) is 119 Å². The zero-order valence-electron chi connectivity index (χ0n) is 36.5. The van der Waals surface area contributed by atoms with Crippen LogP contribution in [-0.4, -0.2) is 98.0 Å². The fourth-order valence-electron chi connectivity index (χ4n) is 10.5. The normalized spacial score (nSPS) is 20.9. The van der Waals surface area contributed by atoms with Gasteiger partial charge in [-0.2, -0.15) is 0 Å². The summed E-state index contributed by atoms with van der Waals surface area (Å²) in [4.78, 5) is 61.3. The first-order valence-corrected chi connectivity index (χ1v) is 22.7. The number of azide groups is 2. The molecule has 7 rings (SSSR count). The van der Waals surface area contributed by atoms with E-state index in [9.17, 15) is 19.2 Å². The average molecular weight is 867 g/mol. The van der Waals surface area contributed by atoms with Gasteiger partial charge in [0.2, 0.25) is 11.6 Å². The van der Waals surface area contributed by atoms with Gasteiger partial charge < -0.3 is 18.4 Å². The van der Waals surface area contributed by atoms with Crippen LogP contribution in [0.15, 0.2) is 119 Å². The lowest BCUT2D eigenvalue weighted by atomic mass is 9.52. The molecule has 0 bridgehead atoms. The van der Waals surface area contributed by atoms with E-state index in [1.54, 1.807) is 48.5 Å². The number of hydrogen-bond acceptors (Lipinski definition) is 8. The molecule has 14 nitrogen and oxygen atoms in total. The Bertz CT molecular complexity index is 2140. The number of carbonyl (C=O) groups excluding carboxylic acids is 4. The molecule has 0 unspecified atom stereocenters. The van der Waals surface area contributed by atoms with E-state index in [2.05, 4.69) is 20.1 Å². The van der Waals surface area contributed by atoms with Crippen LogP contribution in [0.2, 0.25) is 0 Å². The molecule has 3 aliphatic rings. The number of likely N-dealkylation sites (tertiary alicyclic amines) is 2. The first-order valence-electron chi connectivity index (χ1n) is 22.7. The van der Waals surface area contributed by atoms with Crippen molar-refractivity contribution in [3.8, 4) is 0 Å². The summed E-state index contributed by atoms with van der Waals surface area (Å²) in [5.74, 6) is -2.73. The monoisotopic (exact) mass is 866 g/mol. The van der Waals surface area contributed by atoms with Gasteiger partial charge in [0.25, 0.3) is 0 Å². The molecule has 4 aromatic rings. The Morgan fingerprint density at radius 1 is 0.516 bits per heavy atom. The number of rotatable bonds is 20. The van der Waals surface area contributed by atoms with Crippen molar-refractivity contribution in [1.82, 2.24) is 0 Å². The minimum absolute atomic E-state index is 0.0323. The van der Waals surface area contributed by atoms with Crippen molar-refractivity contribution in [3.63, 3.8) is 0 Å². The maximum absolute atomic E-state index is 14.3. The second-order valence-electron chi connectivity index (χ2n) is 17.7. The van der Waals surface area contributed by atoms with Gasteiger partial charge in [-0.25, -0.2) is 0 Å². The summed E-state index contributed by atoms with van der Waals surface area (Å²) in [5.41, 5.74) is 21.3. The zero-order chi connectivity index (χ0) is 44.8. The lowest BCUT2D eigenvalue weighted by molar-refractivity contribution is -0.924. The Labute approximate surface area is 374 Å². The van der Waals surface area contributed by atoms with Crippen molar-refractivity contribution >= 4 is 34.9 Å². The first-order chi connectivity index (χ1) is 31.2. The van der Waals surface area contributed by atoms with Crippen molar-refractivity contribution in [2.24, 2.45) is 22.1 Å². The highest BCUT2D eigenvalue weighted by Gasteiger charge is 2.59. The number of nitrogens with zero attached hydrogens (tertiary/aromatic N) is 8. The summed E-state index contributed by atoms with van der Waals surface area (Å²) in [6.07, 6.45) is 7.52. The van der Waals surface area contributed by atoms with Crippen LogP contribution in [0.5, 0.6) is 0 Å². The number of carbonyl (C=O) groups is 4. The Hall–Kier alpha value is -6.30. The number of quaternary nitrogens is 2. The molecule has 0 spiro atoms. The minimum Gasteiger partial charge on any atom is -0.465 e. The lowest BCUT2D eigenvalue weighted by Crippen LogP contribution is -2.55. The highest BCUT2D eigenvalue weighted by molar-refractivity contribution is 5.97. The summed E-state index contributed by atoms with van der Waals surface area (Å²) < 4.78 is 13.5. The van der Waals surface area contributed by atoms with Crippen LogP contribution in [0.25, 0.3) is 20.9 Å². The predicted octanol–water partition coefficient (Wildman–Crippen LogP) is 10.3. The number of hydrogen-bond donors (Lipinski definition) is 0. The number of ether oxygens (including phenoxy) is 2. The minimum atomic E-state index is -0.607. The zero-order valence-corrected chi connectivity index (χ0v) is 36.5. The highest BCUT2D eigenvalue weighted by Crippen LogP contribution is 2.58. The molecule has 332 valence electrons. The number of Topliss-reactive ketones (excluding diaryl/α,β-unsaturated/α-hetero) is 2. The van der Waals surface area contributed by atoms with Crippen LogP contribution >= 0.6 is 0 Å². The van der Waals surface area contributed by atoms with Crippen LogP contribution in [-0.2, 0) is 19.1 Å². The van der Waals surface area contributed by atoms with Gasteiger partial charge in [0.05, 0.1) is 64.3 Å². The molecule has 2 saturated heterocycles. The summed E-state index contributed by atoms with van der Waals surface area (Å²) in [5, 5.41) is 7.23. The molecular formula is C50H58N8O6+2. The smallest absolute Gasteiger partial charge is 0.310 e. The van der Waals surface area contributed by atoms with Gasteiger partial charge in [-0.15, -0.1) is 0 Å². The van der Waals surface area contributed by atoms with Gasteiger partial charge in [-0.05, 0) is 60.7 Å². The molecule has 4 aromatic carbocycles. The number of piperidine rings is 2. The number of benzene rings is 4. The van der Waals surface area contributed by atoms with Gasteiger partial charge >= 0.3 is 11.9 Å². The Morgan fingerprint density at radius 3 is 1.22 bits per heavy atom. The molecule has 0 amide bonds. The van der Waals surface area contributed by atoms with Gasteiger partial charge in [0, 0.05) is 57.0 Å². The van der Waals surface area contributed by atoms with E-state index in [0.717, 1.165) is 75.8 Å². The van der Waals surface area contributed by atoms with Crippen molar-refractivity contribution in [3.05, 3.63) is 152 Å². The lowest BCUT2D eigenvalue weighted by Gasteiger charge is -2.49. The molecule has 2 heterocycles. The topological polar surface area (TPSA) is 184 Å². The quantitative estimate of drug-likeness (QED) is 0.0162. The first kappa shape index (κ1) is 45.7. The van der Waals surface area contributed by atoms with Crippen LogP contribution in [0.4, 0.5) is 11.4 Å². The molecule has 0 atom stereocenters. The summed E-state index contributed by atoms with van der Waals surface area (Å²) in [6, 6.07) is 32.8. The van der Waals surface area contributed by atoms with E-state index in [-0.39, 0.29) is 36.7 Å². The Balaban J connectivity index is 1.00. The number of esters is 2. The molecule has 0 N–H and O–H groups in total. The molecule has 0 aromatic heterocycles. The third kappa shape index (κ3) is 11.3. The predicted molar refractivity (Wildman–Crippen MR) is 243 cm³/mol. The van der Waals surface area contributed by atoms with Crippen LogP contribution in [0.1, 0.15) is 95.0 Å². The van der Waals surface area contributed by atoms with E-state index >= 15 is 0 Å². The molecule has 3 fully saturated rings. The maximum Gasteiger partial charge on any atom is 0.310 e. The van der Waals surface area contributed by atoms with E-state index in [1.807, 2.05) is 60.7 Å². The van der Waals surface area contributed by atoms with E-state index in [0.29, 0.717) is 70.5 Å². The van der Waals surface area contributed by atoms with Crippen LogP contribution in [0, 0.1) is 11.8 Å². The Kier molecular flexibility index (Phi) is 15.6. The van der Waals surface area contributed by atoms with E-state index < -0.39 is 23.7 Å². The fraction of sp³-hybridized carbons (Fsp3) is 0.440. The van der Waals surface area contributed by atoms with Gasteiger partial charge in [-0.3, -0.25) is 19.2 Å². The van der Waals surface area contributed by atoms with Crippen molar-refractivity contribution in [2.45, 2.75) is 63.2 Å². The standard InChI is InChI=1S/C50H58N8O6/c51-55-53-41-23-19-37(20-24-41)43(59)35-57(27-9-3-10-28-57)31-13-33-63-49(61)47-45(39-15-5-1-6-16-39)48(46(47)40-17-7-2-8-18-40)50(62)64-34-14-32-58(29-11-4-12-30-58)36-44(60)38-21-25-42(26-22-38)54-56-52/h1-2,5-8,15-26,45-48H,3-4,9-14,27-36H2/q+2. The van der Waals surface area contributed by atoms with Gasteiger partial charge in [0.1, 0.15) is 13.1 Å². The molecule has 64 heavy (non-hydrogen) atoms. The maximum atomic E-state index is 14.3. The molecule has 14 heteroatoms. The average Bonchev–Trinajstić information content (AvgIpc) is 3.31. The van der Waals surface area contributed by atoms with E-state index in [1.165, 1.54) is 0 Å². The molecule has 0 radical (unpaired) electrons. The van der Waals surface area contributed by atoms with Crippen LogP contribution < -0.4 is 0 Å². The highest BCUT2D eigenvalue weighted by atomic mass is 16.5. The van der Waals surface area contributed by atoms with E-state index in [4.69, 9.17) is 20.5 Å². The molecule has 2 aliphatic heterocycles. The third-order valence-corrected chi connectivity index (χ3v) is 13.7. The molecular weight excluding hydrogens is 809 g/mol. The molecule has 1 aliphatic carbocycles. The number of ketones is 2. The Morgan fingerprint density at radius 2 is 0.875 bits per heavy atom. The summed E-state index contributed by atoms with van der Waals surface area (Å²) >= 11 is 0. The summed E-state index contributed by atoms with van der Waals surface area (Å²) in [6.45, 7) is 6.00. The summed E-state index contributed by atoms with van der Waals surface area (Å²) in [7, 11) is 0.